The Morgan fingerprint density at radius 3 is 2.85 bits per heavy atom. The zero-order chi connectivity index (χ0) is 9.68. The van der Waals surface area contributed by atoms with Crippen LogP contribution in [-0.4, -0.2) is 27.6 Å². The first-order chi connectivity index (χ1) is 6.25. The summed E-state index contributed by atoms with van der Waals surface area (Å²) in [4.78, 5) is 11.2. The highest BCUT2D eigenvalue weighted by Gasteiger charge is 1.99. The molecule has 0 saturated carbocycles. The summed E-state index contributed by atoms with van der Waals surface area (Å²) in [7, 11) is 1.68. The van der Waals surface area contributed by atoms with Gasteiger partial charge in [0.2, 0.25) is 0 Å². The number of aryl methyl sites for hydroxylation is 1. The first-order valence-electron chi connectivity index (χ1n) is 4.42. The van der Waals surface area contributed by atoms with Crippen molar-refractivity contribution in [2.45, 2.75) is 19.9 Å². The molecule has 0 bridgehead atoms. The van der Waals surface area contributed by atoms with Crippen molar-refractivity contribution in [1.82, 2.24) is 14.3 Å². The van der Waals surface area contributed by atoms with E-state index in [1.165, 1.54) is 15.6 Å². The van der Waals surface area contributed by atoms with Gasteiger partial charge in [-0.3, -0.25) is 4.57 Å². The highest BCUT2D eigenvalue weighted by Crippen LogP contribution is 1.82. The van der Waals surface area contributed by atoms with E-state index in [1.807, 2.05) is 6.92 Å². The van der Waals surface area contributed by atoms with E-state index in [0.717, 1.165) is 13.0 Å². The van der Waals surface area contributed by atoms with E-state index in [0.29, 0.717) is 13.2 Å². The molecule has 0 aliphatic carbocycles. The first kappa shape index (κ1) is 9.98. The lowest BCUT2D eigenvalue weighted by atomic mass is 10.5. The van der Waals surface area contributed by atoms with Crippen LogP contribution < -0.4 is 5.69 Å². The van der Waals surface area contributed by atoms with Crippen LogP contribution in [0.15, 0.2) is 11.1 Å². The van der Waals surface area contributed by atoms with E-state index < -0.39 is 0 Å². The Morgan fingerprint density at radius 2 is 2.31 bits per heavy atom. The third kappa shape index (κ3) is 2.69. The standard InChI is InChI=1S/C8H15N3O2/c1-3-5-13-6-4-11-8(12)10(2)7-9-11/h7H,3-6H2,1-2H3. The van der Waals surface area contributed by atoms with Crippen molar-refractivity contribution < 1.29 is 4.74 Å². The highest BCUT2D eigenvalue weighted by atomic mass is 16.5. The van der Waals surface area contributed by atoms with Gasteiger partial charge in [0.05, 0.1) is 13.2 Å². The largest absolute Gasteiger partial charge is 0.380 e. The lowest BCUT2D eigenvalue weighted by molar-refractivity contribution is 0.123. The molecule has 74 valence electrons. The van der Waals surface area contributed by atoms with Crippen LogP contribution >= 0.6 is 0 Å². The van der Waals surface area contributed by atoms with Crippen LogP contribution in [-0.2, 0) is 18.3 Å². The second-order valence-electron chi connectivity index (χ2n) is 2.86. The summed E-state index contributed by atoms with van der Waals surface area (Å²) in [6.45, 7) is 3.86. The number of ether oxygens (including phenoxy) is 1. The van der Waals surface area contributed by atoms with Crippen LogP contribution in [0.4, 0.5) is 0 Å². The molecule has 1 aromatic rings. The van der Waals surface area contributed by atoms with Crippen molar-refractivity contribution in [3.8, 4) is 0 Å². The molecule has 13 heavy (non-hydrogen) atoms. The molecule has 1 rings (SSSR count). The maximum absolute atomic E-state index is 11.2. The maximum atomic E-state index is 11.2. The van der Waals surface area contributed by atoms with Gasteiger partial charge in [0.1, 0.15) is 6.33 Å². The maximum Gasteiger partial charge on any atom is 0.345 e. The zero-order valence-corrected chi connectivity index (χ0v) is 8.06. The minimum atomic E-state index is -0.0971. The molecule has 5 nitrogen and oxygen atoms in total. The topological polar surface area (TPSA) is 49.0 Å². The van der Waals surface area contributed by atoms with Crippen LogP contribution in [0.1, 0.15) is 13.3 Å². The SMILES string of the molecule is CCCOCCn1ncn(C)c1=O. The molecule has 0 aliphatic heterocycles. The van der Waals surface area contributed by atoms with Crippen molar-refractivity contribution in [3.63, 3.8) is 0 Å². The summed E-state index contributed by atoms with van der Waals surface area (Å²) in [5.74, 6) is 0. The lowest BCUT2D eigenvalue weighted by Crippen LogP contribution is -2.24. The Hall–Kier alpha value is -1.10. The summed E-state index contributed by atoms with van der Waals surface area (Å²) in [5.41, 5.74) is -0.0971. The molecule has 0 fully saturated rings. The predicted octanol–water partition coefficient (Wildman–Crippen LogP) is 0.00840. The molecule has 0 aliphatic rings. The minimum Gasteiger partial charge on any atom is -0.380 e. The van der Waals surface area contributed by atoms with E-state index in [9.17, 15) is 4.79 Å². The van der Waals surface area contributed by atoms with Crippen LogP contribution in [0.25, 0.3) is 0 Å². The molecular weight excluding hydrogens is 170 g/mol. The summed E-state index contributed by atoms with van der Waals surface area (Å²) < 4.78 is 8.08. The smallest absolute Gasteiger partial charge is 0.345 e. The van der Waals surface area contributed by atoms with Gasteiger partial charge in [-0.05, 0) is 6.42 Å². The molecule has 1 aromatic heterocycles. The molecule has 0 atom stereocenters. The Kier molecular flexibility index (Phi) is 3.70. The van der Waals surface area contributed by atoms with E-state index in [1.54, 1.807) is 7.05 Å². The fraction of sp³-hybridized carbons (Fsp3) is 0.750. The Labute approximate surface area is 76.9 Å². The van der Waals surface area contributed by atoms with Gasteiger partial charge in [0, 0.05) is 13.7 Å². The first-order valence-corrected chi connectivity index (χ1v) is 4.42. The van der Waals surface area contributed by atoms with Gasteiger partial charge in [-0.2, -0.15) is 5.10 Å². The molecular formula is C8H15N3O2. The van der Waals surface area contributed by atoms with E-state index >= 15 is 0 Å². The van der Waals surface area contributed by atoms with Crippen molar-refractivity contribution in [1.29, 1.82) is 0 Å². The summed E-state index contributed by atoms with van der Waals surface area (Å²) >= 11 is 0. The van der Waals surface area contributed by atoms with E-state index in [-0.39, 0.29) is 5.69 Å². The normalized spacial score (nSPS) is 10.6. The monoisotopic (exact) mass is 185 g/mol. The second-order valence-corrected chi connectivity index (χ2v) is 2.86. The molecule has 0 N–H and O–H groups in total. The quantitative estimate of drug-likeness (QED) is 0.607. The molecule has 0 saturated heterocycles. The van der Waals surface area contributed by atoms with Crippen LogP contribution in [0.3, 0.4) is 0 Å². The molecule has 5 heteroatoms. The van der Waals surface area contributed by atoms with Crippen molar-refractivity contribution in [2.75, 3.05) is 13.2 Å². The molecule has 0 unspecified atom stereocenters. The summed E-state index contributed by atoms with van der Waals surface area (Å²) in [6, 6.07) is 0. The third-order valence-corrected chi connectivity index (χ3v) is 1.68. The molecule has 0 amide bonds. The Bertz CT molecular complexity index is 303. The van der Waals surface area contributed by atoms with Crippen LogP contribution in [0.2, 0.25) is 0 Å². The van der Waals surface area contributed by atoms with Crippen LogP contribution in [0.5, 0.6) is 0 Å². The zero-order valence-electron chi connectivity index (χ0n) is 8.06. The number of nitrogens with zero attached hydrogens (tertiary/aromatic N) is 3. The molecule has 0 aromatic carbocycles. The van der Waals surface area contributed by atoms with E-state index in [4.69, 9.17) is 4.74 Å². The van der Waals surface area contributed by atoms with Crippen molar-refractivity contribution in [3.05, 3.63) is 16.8 Å². The molecule has 0 radical (unpaired) electrons. The average molecular weight is 185 g/mol. The fourth-order valence-corrected chi connectivity index (χ4v) is 0.971. The van der Waals surface area contributed by atoms with Gasteiger partial charge >= 0.3 is 5.69 Å². The fourth-order valence-electron chi connectivity index (χ4n) is 0.971. The van der Waals surface area contributed by atoms with Gasteiger partial charge in [-0.1, -0.05) is 6.92 Å². The Morgan fingerprint density at radius 1 is 1.54 bits per heavy atom. The predicted molar refractivity (Wildman–Crippen MR) is 48.6 cm³/mol. The Balaban J connectivity index is 2.37. The summed E-state index contributed by atoms with van der Waals surface area (Å²) in [5, 5.41) is 3.90. The number of hydrogen-bond donors (Lipinski definition) is 0. The van der Waals surface area contributed by atoms with Gasteiger partial charge < -0.3 is 4.74 Å². The summed E-state index contributed by atoms with van der Waals surface area (Å²) in [6.07, 6.45) is 2.50. The molecule has 1 heterocycles. The number of rotatable bonds is 5. The minimum absolute atomic E-state index is 0.0971. The third-order valence-electron chi connectivity index (χ3n) is 1.68. The number of hydrogen-bond acceptors (Lipinski definition) is 3. The van der Waals surface area contributed by atoms with Crippen molar-refractivity contribution in [2.24, 2.45) is 7.05 Å². The van der Waals surface area contributed by atoms with Crippen LogP contribution in [0, 0.1) is 0 Å². The average Bonchev–Trinajstić information content (AvgIpc) is 2.43. The van der Waals surface area contributed by atoms with Crippen molar-refractivity contribution >= 4 is 0 Å². The van der Waals surface area contributed by atoms with Gasteiger partial charge in [0.15, 0.2) is 0 Å². The van der Waals surface area contributed by atoms with Gasteiger partial charge in [-0.25, -0.2) is 9.48 Å². The molecule has 0 spiro atoms. The lowest BCUT2D eigenvalue weighted by Gasteiger charge is -2.00. The van der Waals surface area contributed by atoms with E-state index in [2.05, 4.69) is 5.10 Å². The highest BCUT2D eigenvalue weighted by molar-refractivity contribution is 4.64. The van der Waals surface area contributed by atoms with Gasteiger partial charge in [-0.15, -0.1) is 0 Å². The number of aromatic nitrogens is 3. The second kappa shape index (κ2) is 4.81. The van der Waals surface area contributed by atoms with Gasteiger partial charge in [0.25, 0.3) is 0 Å².